The highest BCUT2D eigenvalue weighted by atomic mass is 16.3. The van der Waals surface area contributed by atoms with Crippen LogP contribution in [0.15, 0.2) is 79.0 Å². The minimum atomic E-state index is -0.345. The van der Waals surface area contributed by atoms with Gasteiger partial charge in [0.05, 0.1) is 18.7 Å². The zero-order valence-corrected chi connectivity index (χ0v) is 16.8. The molecule has 3 aromatic rings. The Morgan fingerprint density at radius 2 is 1.74 bits per heavy atom. The van der Waals surface area contributed by atoms with Gasteiger partial charge >= 0.3 is 6.03 Å². The zero-order chi connectivity index (χ0) is 21.4. The maximum absolute atomic E-state index is 13.3. The van der Waals surface area contributed by atoms with Gasteiger partial charge in [-0.1, -0.05) is 42.5 Å². The number of carbonyl (C=O) groups excluding carboxylic acids is 2. The van der Waals surface area contributed by atoms with E-state index in [4.69, 9.17) is 0 Å². The standard InChI is InChI=1S/C24H22N4O3/c29-15-21-22-17-10-4-5-12-19(17)27(23(30)18-11-6-7-13-25-18)14-20(22)28(21)24(31)26-16-8-2-1-3-9-16/h1-13,20-22,29H,14-15H2,(H,26,31)/t20-,21-,22+/m1/s1. The number of rotatable bonds is 3. The molecule has 3 heterocycles. The highest BCUT2D eigenvalue weighted by Gasteiger charge is 2.55. The lowest BCUT2D eigenvalue weighted by Gasteiger charge is -2.58. The summed E-state index contributed by atoms with van der Waals surface area (Å²) in [6.07, 6.45) is 1.59. The Hall–Kier alpha value is -3.71. The lowest BCUT2D eigenvalue weighted by molar-refractivity contribution is -0.00267. The molecule has 0 spiro atoms. The van der Waals surface area contributed by atoms with E-state index in [2.05, 4.69) is 10.3 Å². The second kappa shape index (κ2) is 7.85. The van der Waals surface area contributed by atoms with Gasteiger partial charge in [-0.25, -0.2) is 4.79 Å². The summed E-state index contributed by atoms with van der Waals surface area (Å²) < 4.78 is 0. The number of nitrogens with one attached hydrogen (secondary N) is 1. The molecule has 2 N–H and O–H groups in total. The van der Waals surface area contributed by atoms with Gasteiger partial charge in [0, 0.05) is 30.0 Å². The van der Waals surface area contributed by atoms with E-state index in [0.29, 0.717) is 17.9 Å². The van der Waals surface area contributed by atoms with Crippen molar-refractivity contribution in [2.45, 2.75) is 18.0 Å². The highest BCUT2D eigenvalue weighted by molar-refractivity contribution is 6.06. The Labute approximate surface area is 179 Å². The molecule has 7 nitrogen and oxygen atoms in total. The molecule has 31 heavy (non-hydrogen) atoms. The SMILES string of the molecule is O=C(c1ccccn1)N1C[C@@H]2[C@H](c3ccccc31)[C@@H](CO)N2C(=O)Nc1ccccc1. The van der Waals surface area contributed by atoms with Gasteiger partial charge in [0.15, 0.2) is 0 Å². The number of pyridine rings is 1. The van der Waals surface area contributed by atoms with Crippen LogP contribution in [0, 0.1) is 0 Å². The number of fused-ring (bicyclic) bond motifs is 3. The number of aliphatic hydroxyl groups is 1. The summed E-state index contributed by atoms with van der Waals surface area (Å²) in [4.78, 5) is 33.9. The molecule has 0 bridgehead atoms. The van der Waals surface area contributed by atoms with Gasteiger partial charge in [0.2, 0.25) is 0 Å². The van der Waals surface area contributed by atoms with E-state index < -0.39 is 0 Å². The predicted molar refractivity (Wildman–Crippen MR) is 117 cm³/mol. The van der Waals surface area contributed by atoms with Gasteiger partial charge in [-0.2, -0.15) is 0 Å². The first-order valence-electron chi connectivity index (χ1n) is 10.3. The molecule has 7 heteroatoms. The van der Waals surface area contributed by atoms with Gasteiger partial charge in [0.1, 0.15) is 5.69 Å². The minimum absolute atomic E-state index is 0.0319. The Bertz CT molecular complexity index is 1110. The van der Waals surface area contributed by atoms with Crippen molar-refractivity contribution in [3.05, 3.63) is 90.3 Å². The van der Waals surface area contributed by atoms with Crippen LogP contribution in [-0.2, 0) is 0 Å². The maximum Gasteiger partial charge on any atom is 0.322 e. The Balaban J connectivity index is 1.47. The summed E-state index contributed by atoms with van der Waals surface area (Å²) in [5, 5.41) is 13.0. The van der Waals surface area contributed by atoms with Crippen LogP contribution in [0.4, 0.5) is 16.2 Å². The summed E-state index contributed by atoms with van der Waals surface area (Å²) in [7, 11) is 0. The van der Waals surface area contributed by atoms with Crippen LogP contribution in [0.25, 0.3) is 0 Å². The van der Waals surface area contributed by atoms with Gasteiger partial charge in [-0.3, -0.25) is 9.78 Å². The van der Waals surface area contributed by atoms with Gasteiger partial charge in [-0.15, -0.1) is 0 Å². The summed E-state index contributed by atoms with van der Waals surface area (Å²) >= 11 is 0. The van der Waals surface area contributed by atoms with E-state index in [0.717, 1.165) is 11.3 Å². The molecule has 5 rings (SSSR count). The van der Waals surface area contributed by atoms with Gasteiger partial charge < -0.3 is 20.2 Å². The Kier molecular flexibility index (Phi) is 4.88. The quantitative estimate of drug-likeness (QED) is 0.690. The number of aromatic nitrogens is 1. The Morgan fingerprint density at radius 3 is 2.48 bits per heavy atom. The smallest absolute Gasteiger partial charge is 0.322 e. The number of aliphatic hydroxyl groups excluding tert-OH is 1. The summed E-state index contributed by atoms with van der Waals surface area (Å²) in [6.45, 7) is 0.196. The molecule has 3 atom stereocenters. The fourth-order valence-corrected chi connectivity index (χ4v) is 4.70. The van der Waals surface area contributed by atoms with Crippen molar-refractivity contribution in [1.29, 1.82) is 0 Å². The fraction of sp³-hybridized carbons (Fsp3) is 0.208. The summed E-state index contributed by atoms with van der Waals surface area (Å²) in [5.74, 6) is -0.238. The number of urea groups is 1. The number of benzene rings is 2. The lowest BCUT2D eigenvalue weighted by atomic mass is 9.72. The third-order valence-corrected chi connectivity index (χ3v) is 6.08. The van der Waals surface area contributed by atoms with E-state index in [9.17, 15) is 14.7 Å². The molecule has 1 fully saturated rings. The third kappa shape index (κ3) is 3.23. The molecular formula is C24H22N4O3. The molecule has 0 saturated carbocycles. The van der Waals surface area contributed by atoms with E-state index in [1.54, 1.807) is 34.2 Å². The lowest BCUT2D eigenvalue weighted by Crippen LogP contribution is -2.71. The van der Waals surface area contributed by atoms with Crippen LogP contribution in [0.3, 0.4) is 0 Å². The molecule has 0 unspecified atom stereocenters. The number of para-hydroxylation sites is 2. The summed E-state index contributed by atoms with van der Waals surface area (Å²) in [6, 6.07) is 21.3. The number of nitrogens with zero attached hydrogens (tertiary/aromatic N) is 3. The predicted octanol–water partition coefficient (Wildman–Crippen LogP) is 3.10. The van der Waals surface area contributed by atoms with Crippen molar-refractivity contribution in [1.82, 2.24) is 9.88 Å². The molecule has 2 aromatic carbocycles. The molecule has 1 saturated heterocycles. The highest BCUT2D eigenvalue weighted by Crippen LogP contribution is 2.48. The summed E-state index contributed by atoms with van der Waals surface area (Å²) in [5.41, 5.74) is 2.81. The largest absolute Gasteiger partial charge is 0.394 e. The van der Waals surface area contributed by atoms with Crippen LogP contribution in [0.5, 0.6) is 0 Å². The van der Waals surface area contributed by atoms with E-state index in [1.165, 1.54) is 0 Å². The molecule has 2 aliphatic rings. The van der Waals surface area contributed by atoms with Crippen molar-refractivity contribution in [2.24, 2.45) is 0 Å². The van der Waals surface area contributed by atoms with Crippen molar-refractivity contribution >= 4 is 23.3 Å². The number of carbonyl (C=O) groups is 2. The number of amides is 3. The molecule has 3 amide bonds. The van der Waals surface area contributed by atoms with Crippen molar-refractivity contribution in [3.63, 3.8) is 0 Å². The second-order valence-corrected chi connectivity index (χ2v) is 7.74. The monoisotopic (exact) mass is 414 g/mol. The first kappa shape index (κ1) is 19.3. The van der Waals surface area contributed by atoms with Gasteiger partial charge in [-0.05, 0) is 35.9 Å². The van der Waals surface area contributed by atoms with Gasteiger partial charge in [0.25, 0.3) is 5.91 Å². The Morgan fingerprint density at radius 1 is 1.00 bits per heavy atom. The average molecular weight is 414 g/mol. The molecule has 0 radical (unpaired) electrons. The van der Waals surface area contributed by atoms with Crippen LogP contribution < -0.4 is 10.2 Å². The van der Waals surface area contributed by atoms with E-state index in [1.807, 2.05) is 54.6 Å². The molecule has 1 aromatic heterocycles. The molecule has 0 aliphatic carbocycles. The zero-order valence-electron chi connectivity index (χ0n) is 16.8. The van der Waals surface area contributed by atoms with Crippen LogP contribution in [0.1, 0.15) is 22.0 Å². The second-order valence-electron chi connectivity index (χ2n) is 7.74. The first-order chi connectivity index (χ1) is 15.2. The number of anilines is 2. The maximum atomic E-state index is 13.3. The van der Waals surface area contributed by atoms with Crippen LogP contribution >= 0.6 is 0 Å². The third-order valence-electron chi connectivity index (χ3n) is 6.08. The van der Waals surface area contributed by atoms with E-state index >= 15 is 0 Å². The fourth-order valence-electron chi connectivity index (χ4n) is 4.70. The van der Waals surface area contributed by atoms with Crippen LogP contribution in [0.2, 0.25) is 0 Å². The normalized spacial score (nSPS) is 21.5. The van der Waals surface area contributed by atoms with Crippen LogP contribution in [-0.4, -0.2) is 52.2 Å². The molecule has 156 valence electrons. The minimum Gasteiger partial charge on any atom is -0.394 e. The first-order valence-corrected chi connectivity index (χ1v) is 10.3. The molecule has 2 aliphatic heterocycles. The molecular weight excluding hydrogens is 392 g/mol. The number of likely N-dealkylation sites (tertiary alicyclic amines) is 1. The topological polar surface area (TPSA) is 85.8 Å². The number of hydrogen-bond acceptors (Lipinski definition) is 4. The average Bonchev–Trinajstić information content (AvgIpc) is 2.80. The van der Waals surface area contributed by atoms with Crippen molar-refractivity contribution < 1.29 is 14.7 Å². The number of hydrogen-bond donors (Lipinski definition) is 2. The van der Waals surface area contributed by atoms with Crippen molar-refractivity contribution in [3.8, 4) is 0 Å². The van der Waals surface area contributed by atoms with E-state index in [-0.39, 0.29) is 36.5 Å². The van der Waals surface area contributed by atoms with Crippen molar-refractivity contribution in [2.75, 3.05) is 23.4 Å².